The summed E-state index contributed by atoms with van der Waals surface area (Å²) in [6.45, 7) is 3.63. The lowest BCUT2D eigenvalue weighted by Crippen LogP contribution is -2.60. The number of carbonyl (C=O) groups excluding carboxylic acids is 1. The summed E-state index contributed by atoms with van der Waals surface area (Å²) in [5, 5.41) is 11.6. The molecule has 1 N–H and O–H groups in total. The van der Waals surface area contributed by atoms with Gasteiger partial charge in [-0.15, -0.1) is 0 Å². The molecule has 1 aromatic carbocycles. The van der Waals surface area contributed by atoms with E-state index in [-0.39, 0.29) is 0 Å². The third-order valence-corrected chi connectivity index (χ3v) is 7.84. The Kier molecular flexibility index (Phi) is 20.1. The van der Waals surface area contributed by atoms with Crippen LogP contribution in [0.25, 0.3) is 0 Å². The maximum atomic E-state index is 13.4. The zero-order chi connectivity index (χ0) is 34.7. The molecule has 0 heterocycles. The van der Waals surface area contributed by atoms with Crippen molar-refractivity contribution in [2.24, 2.45) is 0 Å². The van der Waals surface area contributed by atoms with Gasteiger partial charge in [-0.3, -0.25) is 14.9 Å². The van der Waals surface area contributed by atoms with Crippen LogP contribution in [0, 0.1) is 10.1 Å². The van der Waals surface area contributed by atoms with Gasteiger partial charge in [-0.2, -0.15) is 26.3 Å². The molecule has 0 atom stereocenters. The average Bonchev–Trinajstić information content (AvgIpc) is 2.91. The third-order valence-electron chi connectivity index (χ3n) is 7.19. The van der Waals surface area contributed by atoms with E-state index in [1.54, 1.807) is 0 Å². The molecule has 0 aliphatic rings. The number of hydrogen-bond donors (Lipinski definition) is 1. The van der Waals surface area contributed by atoms with Crippen LogP contribution in [-0.4, -0.2) is 61.0 Å². The van der Waals surface area contributed by atoms with Crippen molar-refractivity contribution in [1.29, 1.82) is 0 Å². The van der Waals surface area contributed by atoms with E-state index in [0.717, 1.165) is 9.80 Å². The molecule has 14 heteroatoms. The van der Waals surface area contributed by atoms with Gasteiger partial charge in [0.05, 0.1) is 38.3 Å². The Morgan fingerprint density at radius 3 is 1.44 bits per heavy atom. The number of nitrogens with one attached hydrogen (secondary N) is 1. The number of alkyl halides is 7. The molecule has 0 aromatic heterocycles. The number of amides is 1. The Morgan fingerprint density at radius 1 is 0.756 bits per heavy atom. The lowest BCUT2D eigenvalue weighted by Gasteiger charge is -2.28. The van der Waals surface area contributed by atoms with Crippen LogP contribution in [-0.2, 0) is 4.79 Å². The lowest BCUT2D eigenvalue weighted by molar-refractivity contribution is -0.870. The number of nitrogens with zero attached hydrogens (tertiary/aromatic N) is 2. The highest BCUT2D eigenvalue weighted by Gasteiger charge is 2.77. The van der Waals surface area contributed by atoms with Crippen molar-refractivity contribution >= 4 is 33.2 Å². The van der Waals surface area contributed by atoms with Crippen LogP contribution in [0.2, 0.25) is 0 Å². The van der Waals surface area contributed by atoms with Crippen LogP contribution in [0.1, 0.15) is 110 Å². The topological polar surface area (TPSA) is 72.2 Å². The fraction of sp³-hybridized carbons (Fsp3) is 0.774. The molecule has 0 spiro atoms. The molecule has 0 saturated carbocycles. The van der Waals surface area contributed by atoms with Gasteiger partial charge in [0.25, 0.3) is 11.6 Å². The van der Waals surface area contributed by atoms with Crippen molar-refractivity contribution in [3.8, 4) is 0 Å². The number of nitro groups is 1. The number of rotatable bonds is 20. The third kappa shape index (κ3) is 17.5. The molecule has 1 aromatic rings. The number of anilines is 1. The monoisotopic (exact) mass is 724 g/mol. The van der Waals surface area contributed by atoms with Gasteiger partial charge in [-0.1, -0.05) is 96.8 Å². The first-order valence-corrected chi connectivity index (χ1v) is 16.5. The second kappa shape index (κ2) is 21.0. The normalized spacial score (nSPS) is 12.4. The smallest absolute Gasteiger partial charge is 0.331 e. The maximum Gasteiger partial charge on any atom is 0.441 e. The molecule has 262 valence electrons. The van der Waals surface area contributed by atoms with Gasteiger partial charge >= 0.3 is 18.0 Å². The summed E-state index contributed by atoms with van der Waals surface area (Å²) in [4.78, 5) is 20.8. The highest BCUT2D eigenvalue weighted by Crippen LogP contribution is 2.47. The minimum absolute atomic E-state index is 0.410. The SMILES string of the molecule is CCCCCCCCCCCCCCCCCC[N+](C)(C)C.O=C(Nc1ccc([N+](=O)[O-])cc1Br)C(F)(C(F)(F)F)C(F)(F)F. The number of benzene rings is 1. The molecule has 0 aliphatic heterocycles. The standard InChI is InChI=1S/C21H46N.C10H4BrF7N2O3/c1-5-6-7-8-9-10-11-12-13-14-15-16-17-18-19-20-21-22(2,3)4;11-5-3-4(20(22)23)1-2-6(5)19-7(21)8(12,9(13,14)15)10(16,17)18/h5-21H2,1-4H3;1-3H,(H,19,21)/q+1;. The van der Waals surface area contributed by atoms with Crippen LogP contribution in [0.3, 0.4) is 0 Å². The average molecular weight is 726 g/mol. The number of quaternary nitrogens is 1. The van der Waals surface area contributed by atoms with Gasteiger partial charge < -0.3 is 9.80 Å². The van der Waals surface area contributed by atoms with E-state index in [1.807, 2.05) is 0 Å². The van der Waals surface area contributed by atoms with Crippen molar-refractivity contribution < 1.29 is 44.9 Å². The molecular formula is C31H50BrF7N3O3+. The summed E-state index contributed by atoms with van der Waals surface area (Å²) in [5.74, 6) is -3.02. The van der Waals surface area contributed by atoms with E-state index in [0.29, 0.717) is 18.2 Å². The highest BCUT2D eigenvalue weighted by molar-refractivity contribution is 9.10. The van der Waals surface area contributed by atoms with Crippen molar-refractivity contribution in [2.45, 2.75) is 128 Å². The number of nitro benzene ring substituents is 1. The zero-order valence-corrected chi connectivity index (χ0v) is 28.5. The van der Waals surface area contributed by atoms with Crippen LogP contribution in [0.15, 0.2) is 22.7 Å². The number of halogens is 8. The number of unbranched alkanes of at least 4 members (excludes halogenated alkanes) is 15. The second-order valence-electron chi connectivity index (χ2n) is 12.3. The van der Waals surface area contributed by atoms with E-state index in [2.05, 4.69) is 44.0 Å². The van der Waals surface area contributed by atoms with E-state index in [1.165, 1.54) is 109 Å². The fourth-order valence-corrected chi connectivity index (χ4v) is 4.95. The molecule has 0 aliphatic carbocycles. The Morgan fingerprint density at radius 2 is 1.13 bits per heavy atom. The summed E-state index contributed by atoms with van der Waals surface area (Å²) in [6.07, 6.45) is 10.3. The van der Waals surface area contributed by atoms with E-state index >= 15 is 0 Å². The van der Waals surface area contributed by atoms with Gasteiger partial charge in [0, 0.05) is 16.6 Å². The van der Waals surface area contributed by atoms with Gasteiger partial charge in [-0.05, 0) is 34.8 Å². The van der Waals surface area contributed by atoms with Crippen molar-refractivity contribution in [2.75, 3.05) is 33.0 Å². The highest BCUT2D eigenvalue weighted by atomic mass is 79.9. The zero-order valence-electron chi connectivity index (χ0n) is 26.9. The lowest BCUT2D eigenvalue weighted by atomic mass is 10.0. The van der Waals surface area contributed by atoms with Crippen molar-refractivity contribution in [3.05, 3.63) is 32.8 Å². The largest absolute Gasteiger partial charge is 0.441 e. The van der Waals surface area contributed by atoms with E-state index < -0.39 is 44.7 Å². The minimum atomic E-state index is -6.55. The maximum absolute atomic E-state index is 13.4. The first-order chi connectivity index (χ1) is 20.8. The molecule has 0 unspecified atom stereocenters. The summed E-state index contributed by atoms with van der Waals surface area (Å²) < 4.78 is 88.4. The van der Waals surface area contributed by atoms with E-state index in [4.69, 9.17) is 0 Å². The predicted octanol–water partition coefficient (Wildman–Crippen LogP) is 11.1. The van der Waals surface area contributed by atoms with Gasteiger partial charge in [0.2, 0.25) is 0 Å². The van der Waals surface area contributed by atoms with E-state index in [9.17, 15) is 45.6 Å². The van der Waals surface area contributed by atoms with Gasteiger partial charge in [0.15, 0.2) is 0 Å². The molecular weight excluding hydrogens is 675 g/mol. The summed E-state index contributed by atoms with van der Waals surface area (Å²) >= 11 is 2.61. The molecule has 45 heavy (non-hydrogen) atoms. The quantitative estimate of drug-likeness (QED) is 0.0478. The number of carbonyl (C=O) groups is 1. The molecule has 6 nitrogen and oxygen atoms in total. The van der Waals surface area contributed by atoms with Crippen LogP contribution < -0.4 is 5.32 Å². The molecule has 1 rings (SSSR count). The van der Waals surface area contributed by atoms with Crippen LogP contribution in [0.4, 0.5) is 42.1 Å². The number of hydrogen-bond acceptors (Lipinski definition) is 3. The summed E-state index contributed by atoms with van der Waals surface area (Å²) in [6, 6.07) is 2.05. The van der Waals surface area contributed by atoms with Gasteiger partial charge in [0.1, 0.15) is 0 Å². The summed E-state index contributed by atoms with van der Waals surface area (Å²) in [5.41, 5.74) is -7.41. The molecule has 0 radical (unpaired) electrons. The van der Waals surface area contributed by atoms with Crippen molar-refractivity contribution in [1.82, 2.24) is 0 Å². The Labute approximate surface area is 271 Å². The first-order valence-electron chi connectivity index (χ1n) is 15.7. The van der Waals surface area contributed by atoms with Crippen LogP contribution >= 0.6 is 15.9 Å². The molecule has 0 bridgehead atoms. The molecule has 0 saturated heterocycles. The Hall–Kier alpha value is -1.96. The number of non-ortho nitro benzene ring substituents is 1. The van der Waals surface area contributed by atoms with Crippen LogP contribution in [0.5, 0.6) is 0 Å². The molecule has 1 amide bonds. The van der Waals surface area contributed by atoms with Gasteiger partial charge in [-0.25, -0.2) is 4.39 Å². The Balaban J connectivity index is 0.000000862. The first kappa shape index (κ1) is 43.0. The predicted molar refractivity (Wildman–Crippen MR) is 168 cm³/mol. The molecule has 0 fully saturated rings. The fourth-order valence-electron chi connectivity index (χ4n) is 4.48. The summed E-state index contributed by atoms with van der Waals surface area (Å²) in [7, 11) is 6.89. The minimum Gasteiger partial charge on any atom is -0.331 e. The van der Waals surface area contributed by atoms with Crippen molar-refractivity contribution in [3.63, 3.8) is 0 Å². The Bertz CT molecular complexity index is 986. The second-order valence-corrected chi connectivity index (χ2v) is 13.2.